The Morgan fingerprint density at radius 2 is 2.22 bits per heavy atom. The quantitative estimate of drug-likeness (QED) is 0.595. The topological polar surface area (TPSA) is 84.9 Å². The van der Waals surface area contributed by atoms with Crippen molar-refractivity contribution in [1.29, 1.82) is 0 Å². The average molecular weight is 293 g/mol. The van der Waals surface area contributed by atoms with E-state index in [0.29, 0.717) is 26.1 Å². The number of ether oxygens (including phenoxy) is 2. The summed E-state index contributed by atoms with van der Waals surface area (Å²) < 4.78 is 40.7. The van der Waals surface area contributed by atoms with Crippen molar-refractivity contribution >= 4 is 21.5 Å². The summed E-state index contributed by atoms with van der Waals surface area (Å²) in [5.74, 6) is 1.31. The first-order chi connectivity index (χ1) is 8.54. The molecule has 2 heterocycles. The molecule has 0 spiro atoms. The van der Waals surface area contributed by atoms with Gasteiger partial charge in [0.1, 0.15) is 12.7 Å². The van der Waals surface area contributed by atoms with Crippen LogP contribution in [0.15, 0.2) is 10.8 Å². The summed E-state index contributed by atoms with van der Waals surface area (Å²) in [6.45, 7) is 1.58. The van der Waals surface area contributed by atoms with Crippen molar-refractivity contribution in [2.24, 2.45) is 0 Å². The van der Waals surface area contributed by atoms with E-state index < -0.39 is 10.1 Å². The second-order valence-corrected chi connectivity index (χ2v) is 6.31. The fraction of sp³-hybridized carbons (Fsp3) is 0.600. The van der Waals surface area contributed by atoms with Gasteiger partial charge in [-0.1, -0.05) is 0 Å². The van der Waals surface area contributed by atoms with E-state index in [9.17, 15) is 8.42 Å². The lowest BCUT2D eigenvalue weighted by atomic mass is 10.3. The van der Waals surface area contributed by atoms with E-state index in [2.05, 4.69) is 5.32 Å². The normalized spacial score (nSPS) is 18.8. The van der Waals surface area contributed by atoms with Gasteiger partial charge < -0.3 is 14.8 Å². The smallest absolute Gasteiger partial charge is 0.264 e. The SMILES string of the molecule is O=S(=O)(O)CCCNCC1COc2cscc2O1. The highest BCUT2D eigenvalue weighted by atomic mass is 32.2. The molecule has 0 saturated carbocycles. The summed E-state index contributed by atoms with van der Waals surface area (Å²) in [5.41, 5.74) is 0. The maximum absolute atomic E-state index is 10.5. The number of rotatable bonds is 6. The Hall–Kier alpha value is -0.830. The van der Waals surface area contributed by atoms with Crippen LogP contribution in [0.3, 0.4) is 0 Å². The van der Waals surface area contributed by atoms with Crippen LogP contribution >= 0.6 is 11.3 Å². The van der Waals surface area contributed by atoms with Crippen LogP contribution in [0.5, 0.6) is 11.5 Å². The van der Waals surface area contributed by atoms with Crippen LogP contribution in [0, 0.1) is 0 Å². The molecule has 1 atom stereocenters. The zero-order valence-corrected chi connectivity index (χ0v) is 11.3. The lowest BCUT2D eigenvalue weighted by Gasteiger charge is -2.24. The molecule has 0 aromatic carbocycles. The number of hydrogen-bond acceptors (Lipinski definition) is 6. The minimum Gasteiger partial charge on any atom is -0.485 e. The molecule has 1 aromatic rings. The van der Waals surface area contributed by atoms with Crippen LogP contribution in [-0.4, -0.2) is 44.5 Å². The minimum atomic E-state index is -3.86. The standard InChI is InChI=1S/C10H15NO5S2/c12-18(13,14)3-1-2-11-4-8-5-15-9-6-17-7-10(9)16-8/h6-8,11H,1-5H2,(H,12,13,14). The highest BCUT2D eigenvalue weighted by Crippen LogP contribution is 2.34. The van der Waals surface area contributed by atoms with E-state index in [4.69, 9.17) is 14.0 Å². The van der Waals surface area contributed by atoms with E-state index in [0.717, 1.165) is 11.5 Å². The van der Waals surface area contributed by atoms with E-state index in [-0.39, 0.29) is 11.9 Å². The Kier molecular flexibility index (Phi) is 4.44. The molecule has 0 amide bonds. The molecule has 0 radical (unpaired) electrons. The maximum atomic E-state index is 10.5. The number of fused-ring (bicyclic) bond motifs is 1. The molecule has 0 bridgehead atoms. The predicted molar refractivity (Wildman–Crippen MR) is 68.1 cm³/mol. The number of thiophene rings is 1. The zero-order chi connectivity index (χ0) is 13.0. The van der Waals surface area contributed by atoms with Crippen LogP contribution in [0.2, 0.25) is 0 Å². The van der Waals surface area contributed by atoms with Crippen molar-refractivity contribution in [3.05, 3.63) is 10.8 Å². The zero-order valence-electron chi connectivity index (χ0n) is 9.66. The third-order valence-electron chi connectivity index (χ3n) is 2.44. The predicted octanol–water partition coefficient (Wildman–Crippen LogP) is 0.755. The van der Waals surface area contributed by atoms with Crippen LogP contribution in [-0.2, 0) is 10.1 Å². The van der Waals surface area contributed by atoms with Crippen molar-refractivity contribution in [1.82, 2.24) is 5.32 Å². The van der Waals surface area contributed by atoms with Gasteiger partial charge in [-0.2, -0.15) is 8.42 Å². The lowest BCUT2D eigenvalue weighted by molar-refractivity contribution is 0.0920. The third-order valence-corrected chi connectivity index (χ3v) is 3.94. The first-order valence-corrected chi connectivity index (χ1v) is 8.11. The highest BCUT2D eigenvalue weighted by molar-refractivity contribution is 7.85. The molecule has 8 heteroatoms. The van der Waals surface area contributed by atoms with Crippen molar-refractivity contribution in [2.75, 3.05) is 25.4 Å². The van der Waals surface area contributed by atoms with Crippen LogP contribution in [0.25, 0.3) is 0 Å². The molecule has 0 saturated heterocycles. The maximum Gasteiger partial charge on any atom is 0.264 e. The van der Waals surface area contributed by atoms with Gasteiger partial charge in [-0.05, 0) is 13.0 Å². The van der Waals surface area contributed by atoms with Crippen LogP contribution in [0.4, 0.5) is 0 Å². The van der Waals surface area contributed by atoms with Gasteiger partial charge in [-0.25, -0.2) is 0 Å². The Balaban J connectivity index is 1.64. The summed E-state index contributed by atoms with van der Waals surface area (Å²) in [6, 6.07) is 0. The number of hydrogen-bond donors (Lipinski definition) is 2. The van der Waals surface area contributed by atoms with E-state index >= 15 is 0 Å². The van der Waals surface area contributed by atoms with Crippen molar-refractivity contribution in [3.63, 3.8) is 0 Å². The van der Waals surface area contributed by atoms with Gasteiger partial charge >= 0.3 is 0 Å². The second kappa shape index (κ2) is 5.87. The molecule has 0 aliphatic carbocycles. The molecule has 102 valence electrons. The molecular formula is C10H15NO5S2. The highest BCUT2D eigenvalue weighted by Gasteiger charge is 2.21. The van der Waals surface area contributed by atoms with Gasteiger partial charge in [-0.15, -0.1) is 11.3 Å². The molecule has 0 fully saturated rings. The van der Waals surface area contributed by atoms with E-state index in [1.165, 1.54) is 11.3 Å². The molecule has 1 aromatic heterocycles. The van der Waals surface area contributed by atoms with Crippen molar-refractivity contribution in [2.45, 2.75) is 12.5 Å². The van der Waals surface area contributed by atoms with Crippen LogP contribution in [0.1, 0.15) is 6.42 Å². The van der Waals surface area contributed by atoms with E-state index in [1.807, 2.05) is 10.8 Å². The monoisotopic (exact) mass is 293 g/mol. The molecule has 2 rings (SSSR count). The fourth-order valence-corrected chi connectivity index (χ4v) is 2.78. The van der Waals surface area contributed by atoms with Gasteiger partial charge in [0.25, 0.3) is 10.1 Å². The molecule has 1 unspecified atom stereocenters. The molecule has 2 N–H and O–H groups in total. The van der Waals surface area contributed by atoms with Gasteiger partial charge in [0.05, 0.1) is 5.75 Å². The van der Waals surface area contributed by atoms with Crippen molar-refractivity contribution < 1.29 is 22.4 Å². The molecule has 1 aliphatic rings. The largest absolute Gasteiger partial charge is 0.485 e. The Labute approximate surface area is 110 Å². The van der Waals surface area contributed by atoms with Gasteiger partial charge in [-0.3, -0.25) is 4.55 Å². The van der Waals surface area contributed by atoms with Crippen molar-refractivity contribution in [3.8, 4) is 11.5 Å². The first-order valence-electron chi connectivity index (χ1n) is 5.56. The lowest BCUT2D eigenvalue weighted by Crippen LogP contribution is -2.38. The first kappa shape index (κ1) is 13.6. The Morgan fingerprint density at radius 1 is 1.44 bits per heavy atom. The second-order valence-electron chi connectivity index (χ2n) is 3.99. The fourth-order valence-electron chi connectivity index (χ4n) is 1.60. The number of nitrogens with one attached hydrogen (secondary N) is 1. The van der Waals surface area contributed by atoms with E-state index in [1.54, 1.807) is 0 Å². The molecule has 1 aliphatic heterocycles. The van der Waals surface area contributed by atoms with Gasteiger partial charge in [0.15, 0.2) is 11.5 Å². The average Bonchev–Trinajstić information content (AvgIpc) is 2.74. The summed E-state index contributed by atoms with van der Waals surface area (Å²) in [4.78, 5) is 0. The minimum absolute atomic E-state index is 0.0715. The summed E-state index contributed by atoms with van der Waals surface area (Å²) in [5, 5.41) is 6.86. The van der Waals surface area contributed by atoms with Gasteiger partial charge in [0.2, 0.25) is 0 Å². The summed E-state index contributed by atoms with van der Waals surface area (Å²) in [6.07, 6.45) is 0.300. The van der Waals surface area contributed by atoms with Crippen LogP contribution < -0.4 is 14.8 Å². The molecule has 6 nitrogen and oxygen atoms in total. The Morgan fingerprint density at radius 3 is 3.00 bits per heavy atom. The summed E-state index contributed by atoms with van der Waals surface area (Å²) in [7, 11) is -3.86. The molecular weight excluding hydrogens is 278 g/mol. The van der Waals surface area contributed by atoms with Gasteiger partial charge in [0, 0.05) is 17.3 Å². The molecule has 18 heavy (non-hydrogen) atoms. The Bertz CT molecular complexity index is 484. The summed E-state index contributed by atoms with van der Waals surface area (Å²) >= 11 is 1.53. The third kappa shape index (κ3) is 4.13.